The third-order valence-corrected chi connectivity index (χ3v) is 3.86. The smallest absolute Gasteiger partial charge is 0.220 e. The van der Waals surface area contributed by atoms with E-state index >= 15 is 0 Å². The molecule has 1 aromatic heterocycles. The van der Waals surface area contributed by atoms with Gasteiger partial charge in [-0.2, -0.15) is 0 Å². The minimum absolute atomic E-state index is 0.0820. The second kappa shape index (κ2) is 4.45. The van der Waals surface area contributed by atoms with E-state index in [1.54, 1.807) is 13.0 Å². The largest absolute Gasteiger partial charge is 0.352 e. The Morgan fingerprint density at radius 2 is 2.32 bits per heavy atom. The van der Waals surface area contributed by atoms with Crippen LogP contribution in [0.4, 0.5) is 4.39 Å². The first-order valence-corrected chi connectivity index (χ1v) is 6.63. The second-order valence-corrected chi connectivity index (χ2v) is 5.35. The quantitative estimate of drug-likeness (QED) is 0.830. The highest BCUT2D eigenvalue weighted by Crippen LogP contribution is 2.20. The fraction of sp³-hybridized carbons (Fsp3) is 0.385. The maximum atomic E-state index is 13.5. The Morgan fingerprint density at radius 1 is 1.53 bits per heavy atom. The summed E-state index contributed by atoms with van der Waals surface area (Å²) in [6.07, 6.45) is 1.38. The number of imidazole rings is 1. The molecule has 100 valence electrons. The molecule has 1 unspecified atom stereocenters. The number of hydrogen-bond donors (Lipinski definition) is 2. The van der Waals surface area contributed by atoms with Crippen molar-refractivity contribution < 1.29 is 9.18 Å². The summed E-state index contributed by atoms with van der Waals surface area (Å²) < 4.78 is 16.0. The summed E-state index contributed by atoms with van der Waals surface area (Å²) in [7, 11) is 0. The van der Waals surface area contributed by atoms with Crippen molar-refractivity contribution in [3.05, 3.63) is 28.3 Å². The van der Waals surface area contributed by atoms with Crippen molar-refractivity contribution in [2.75, 3.05) is 0 Å². The highest BCUT2D eigenvalue weighted by molar-refractivity contribution is 7.71. The molecule has 0 radical (unpaired) electrons. The molecule has 0 saturated carbocycles. The van der Waals surface area contributed by atoms with Crippen LogP contribution in [0.15, 0.2) is 12.1 Å². The average molecular weight is 279 g/mol. The van der Waals surface area contributed by atoms with Crippen LogP contribution in [-0.2, 0) is 11.3 Å². The number of carbonyl (C=O) groups excluding carboxylic acids is 1. The lowest BCUT2D eigenvalue weighted by Gasteiger charge is -2.12. The predicted molar refractivity (Wildman–Crippen MR) is 73.0 cm³/mol. The lowest BCUT2D eigenvalue weighted by molar-refractivity contribution is -0.119. The van der Waals surface area contributed by atoms with E-state index in [1.807, 2.05) is 4.57 Å². The van der Waals surface area contributed by atoms with Gasteiger partial charge >= 0.3 is 0 Å². The minimum Gasteiger partial charge on any atom is -0.352 e. The molecular formula is C13H14FN3OS. The molecule has 3 rings (SSSR count). The Hall–Kier alpha value is -1.69. The van der Waals surface area contributed by atoms with Gasteiger partial charge in [0.15, 0.2) is 4.77 Å². The third-order valence-electron chi connectivity index (χ3n) is 3.54. The summed E-state index contributed by atoms with van der Waals surface area (Å²) in [6.45, 7) is 2.35. The standard InChI is InChI=1S/C13H14FN3OS/c1-7-4-11-10(5-9(7)14)16-13(19)17(11)6-8-2-3-12(18)15-8/h4-5,8H,2-3,6H2,1H3,(H,15,18)(H,16,19). The molecule has 1 aromatic carbocycles. The number of fused-ring (bicyclic) bond motifs is 1. The maximum absolute atomic E-state index is 13.5. The van der Waals surface area contributed by atoms with E-state index in [2.05, 4.69) is 10.3 Å². The Morgan fingerprint density at radius 3 is 3.00 bits per heavy atom. The normalized spacial score (nSPS) is 19.1. The van der Waals surface area contributed by atoms with Crippen molar-refractivity contribution in [3.63, 3.8) is 0 Å². The van der Waals surface area contributed by atoms with Crippen LogP contribution in [-0.4, -0.2) is 21.5 Å². The Balaban J connectivity index is 2.03. The van der Waals surface area contributed by atoms with Gasteiger partial charge in [-0.1, -0.05) is 0 Å². The topological polar surface area (TPSA) is 49.8 Å². The number of hydrogen-bond acceptors (Lipinski definition) is 2. The Kier molecular flexibility index (Phi) is 2.89. The highest BCUT2D eigenvalue weighted by Gasteiger charge is 2.22. The van der Waals surface area contributed by atoms with Crippen LogP contribution in [0.25, 0.3) is 11.0 Å². The molecule has 1 amide bonds. The van der Waals surface area contributed by atoms with Crippen molar-refractivity contribution in [1.82, 2.24) is 14.9 Å². The molecule has 2 heterocycles. The van der Waals surface area contributed by atoms with Gasteiger partial charge in [0, 0.05) is 19.0 Å². The molecule has 1 fully saturated rings. The van der Waals surface area contributed by atoms with Crippen molar-refractivity contribution in [3.8, 4) is 0 Å². The number of H-pyrrole nitrogens is 1. The van der Waals surface area contributed by atoms with Gasteiger partial charge < -0.3 is 14.9 Å². The number of aromatic amines is 1. The maximum Gasteiger partial charge on any atom is 0.220 e. The molecule has 19 heavy (non-hydrogen) atoms. The van der Waals surface area contributed by atoms with Gasteiger partial charge in [-0.25, -0.2) is 4.39 Å². The third kappa shape index (κ3) is 2.16. The molecule has 4 nitrogen and oxygen atoms in total. The van der Waals surface area contributed by atoms with Crippen LogP contribution in [0.5, 0.6) is 0 Å². The van der Waals surface area contributed by atoms with Crippen molar-refractivity contribution in [2.45, 2.75) is 32.4 Å². The van der Waals surface area contributed by atoms with Crippen molar-refractivity contribution in [1.29, 1.82) is 0 Å². The van der Waals surface area contributed by atoms with Gasteiger partial charge in [-0.15, -0.1) is 0 Å². The summed E-state index contributed by atoms with van der Waals surface area (Å²) in [5, 5.41) is 2.92. The van der Waals surface area contributed by atoms with Gasteiger partial charge in [0.25, 0.3) is 0 Å². The Labute approximate surface area is 114 Å². The fourth-order valence-electron chi connectivity index (χ4n) is 2.50. The average Bonchev–Trinajstić information content (AvgIpc) is 2.87. The molecule has 1 saturated heterocycles. The van der Waals surface area contributed by atoms with Gasteiger partial charge in [-0.05, 0) is 43.3 Å². The SMILES string of the molecule is Cc1cc2c(cc1F)[nH]c(=S)n2CC1CCC(=O)N1. The zero-order valence-electron chi connectivity index (χ0n) is 10.5. The van der Waals surface area contributed by atoms with E-state index in [1.165, 1.54) is 6.07 Å². The molecule has 1 atom stereocenters. The number of benzene rings is 1. The second-order valence-electron chi connectivity index (χ2n) is 4.96. The Bertz CT molecular complexity index is 718. The zero-order valence-corrected chi connectivity index (χ0v) is 11.3. The summed E-state index contributed by atoms with van der Waals surface area (Å²) in [6, 6.07) is 3.35. The van der Waals surface area contributed by atoms with Gasteiger partial charge in [0.2, 0.25) is 5.91 Å². The van der Waals surface area contributed by atoms with Crippen LogP contribution in [0, 0.1) is 17.5 Å². The monoisotopic (exact) mass is 279 g/mol. The van der Waals surface area contributed by atoms with Crippen LogP contribution in [0.2, 0.25) is 0 Å². The summed E-state index contributed by atoms with van der Waals surface area (Å²) in [5.74, 6) is -0.163. The van der Waals surface area contributed by atoms with E-state index in [0.29, 0.717) is 28.8 Å². The number of amides is 1. The number of aryl methyl sites for hydroxylation is 1. The van der Waals surface area contributed by atoms with E-state index in [4.69, 9.17) is 12.2 Å². The zero-order chi connectivity index (χ0) is 13.6. The van der Waals surface area contributed by atoms with Crippen LogP contribution in [0.3, 0.4) is 0 Å². The molecular weight excluding hydrogens is 265 g/mol. The fourth-order valence-corrected chi connectivity index (χ4v) is 2.78. The first-order valence-electron chi connectivity index (χ1n) is 6.22. The number of nitrogens with zero attached hydrogens (tertiary/aromatic N) is 1. The first kappa shape index (κ1) is 12.3. The highest BCUT2D eigenvalue weighted by atomic mass is 32.1. The number of carbonyl (C=O) groups is 1. The molecule has 0 bridgehead atoms. The molecule has 1 aliphatic rings. The summed E-state index contributed by atoms with van der Waals surface area (Å²) in [5.41, 5.74) is 2.16. The van der Waals surface area contributed by atoms with E-state index in [-0.39, 0.29) is 17.8 Å². The molecule has 0 aliphatic carbocycles. The van der Waals surface area contributed by atoms with Crippen LogP contribution < -0.4 is 5.32 Å². The predicted octanol–water partition coefficient (Wildman–Crippen LogP) is 2.43. The number of nitrogens with one attached hydrogen (secondary N) is 2. The van der Waals surface area contributed by atoms with Gasteiger partial charge in [0.05, 0.1) is 11.0 Å². The van der Waals surface area contributed by atoms with E-state index < -0.39 is 0 Å². The minimum atomic E-state index is -0.245. The van der Waals surface area contributed by atoms with Crippen LogP contribution in [0.1, 0.15) is 18.4 Å². The summed E-state index contributed by atoms with van der Waals surface area (Å²) >= 11 is 5.28. The first-order chi connectivity index (χ1) is 9.04. The van der Waals surface area contributed by atoms with Gasteiger partial charge in [-0.3, -0.25) is 4.79 Å². The number of rotatable bonds is 2. The molecule has 2 N–H and O–H groups in total. The molecule has 1 aliphatic heterocycles. The number of halogens is 1. The lowest BCUT2D eigenvalue weighted by atomic mass is 10.2. The van der Waals surface area contributed by atoms with Gasteiger partial charge in [0.1, 0.15) is 5.82 Å². The van der Waals surface area contributed by atoms with Crippen molar-refractivity contribution >= 4 is 29.2 Å². The molecule has 6 heteroatoms. The van der Waals surface area contributed by atoms with E-state index in [0.717, 1.165) is 11.9 Å². The van der Waals surface area contributed by atoms with E-state index in [9.17, 15) is 9.18 Å². The molecule has 0 spiro atoms. The summed E-state index contributed by atoms with van der Waals surface area (Å²) in [4.78, 5) is 14.2. The van der Waals surface area contributed by atoms with Crippen LogP contribution >= 0.6 is 12.2 Å². The molecule has 2 aromatic rings. The van der Waals surface area contributed by atoms with Crippen molar-refractivity contribution in [2.24, 2.45) is 0 Å². The lowest BCUT2D eigenvalue weighted by Crippen LogP contribution is -2.29. The number of aromatic nitrogens is 2.